The fourth-order valence-electron chi connectivity index (χ4n) is 3.70. The molecule has 25 heavy (non-hydrogen) atoms. The maximum atomic E-state index is 11.0. The standard InChI is InChI=1S/C19H24ClN3O2/c1-2-23(13-18(24)25)17-5-8-22(9-6-17)12-15-11-16(20)10-14-4-3-7-21-19(14)15/h3-4,7,10-11,17H,2,5-6,8-9,12-13H2,1H3,(H,24,25). The van der Waals surface area contributed by atoms with Crippen LogP contribution in [0.25, 0.3) is 10.9 Å². The highest BCUT2D eigenvalue weighted by Crippen LogP contribution is 2.25. The minimum Gasteiger partial charge on any atom is -0.480 e. The average Bonchev–Trinajstić information content (AvgIpc) is 2.60. The van der Waals surface area contributed by atoms with Gasteiger partial charge in [0.15, 0.2) is 0 Å². The van der Waals surface area contributed by atoms with Gasteiger partial charge in [-0.05, 0) is 56.2 Å². The van der Waals surface area contributed by atoms with E-state index in [2.05, 4.69) is 14.8 Å². The lowest BCUT2D eigenvalue weighted by molar-refractivity contribution is -0.139. The number of rotatable bonds is 6. The molecule has 0 unspecified atom stereocenters. The number of carboxylic acid groups (broad SMARTS) is 1. The van der Waals surface area contributed by atoms with E-state index in [-0.39, 0.29) is 6.54 Å². The largest absolute Gasteiger partial charge is 0.480 e. The zero-order chi connectivity index (χ0) is 17.8. The number of nitrogens with zero attached hydrogens (tertiary/aromatic N) is 3. The molecule has 0 atom stereocenters. The molecular weight excluding hydrogens is 338 g/mol. The van der Waals surface area contributed by atoms with E-state index in [0.29, 0.717) is 6.04 Å². The molecule has 6 heteroatoms. The zero-order valence-corrected chi connectivity index (χ0v) is 15.2. The molecule has 1 N–H and O–H groups in total. The number of halogens is 1. The number of hydrogen-bond donors (Lipinski definition) is 1. The number of hydrogen-bond acceptors (Lipinski definition) is 4. The van der Waals surface area contributed by atoms with Gasteiger partial charge in [-0.1, -0.05) is 24.6 Å². The summed E-state index contributed by atoms with van der Waals surface area (Å²) < 4.78 is 0. The number of carbonyl (C=O) groups is 1. The smallest absolute Gasteiger partial charge is 0.317 e. The van der Waals surface area contributed by atoms with Gasteiger partial charge in [-0.15, -0.1) is 0 Å². The predicted octanol–water partition coefficient (Wildman–Crippen LogP) is 3.26. The van der Waals surface area contributed by atoms with Gasteiger partial charge in [0.2, 0.25) is 0 Å². The van der Waals surface area contributed by atoms with Crippen molar-refractivity contribution in [1.82, 2.24) is 14.8 Å². The van der Waals surface area contributed by atoms with Gasteiger partial charge in [-0.25, -0.2) is 0 Å². The highest BCUT2D eigenvalue weighted by atomic mass is 35.5. The number of aliphatic carboxylic acids is 1. The summed E-state index contributed by atoms with van der Waals surface area (Å²) in [6.45, 7) is 5.68. The van der Waals surface area contributed by atoms with Crippen LogP contribution in [0.4, 0.5) is 0 Å². The maximum absolute atomic E-state index is 11.0. The molecule has 1 aromatic heterocycles. The van der Waals surface area contributed by atoms with Crippen molar-refractivity contribution in [2.45, 2.75) is 32.4 Å². The molecule has 1 saturated heterocycles. The molecule has 2 heterocycles. The van der Waals surface area contributed by atoms with Crippen LogP contribution in [0.2, 0.25) is 5.02 Å². The third-order valence-electron chi connectivity index (χ3n) is 4.96. The Balaban J connectivity index is 1.66. The third kappa shape index (κ3) is 4.48. The van der Waals surface area contributed by atoms with E-state index in [0.717, 1.165) is 60.5 Å². The van der Waals surface area contributed by atoms with Gasteiger partial charge in [0, 0.05) is 29.2 Å². The van der Waals surface area contributed by atoms with Crippen LogP contribution in [-0.4, -0.2) is 58.1 Å². The highest BCUT2D eigenvalue weighted by Gasteiger charge is 2.25. The lowest BCUT2D eigenvalue weighted by Gasteiger charge is -2.37. The maximum Gasteiger partial charge on any atom is 0.317 e. The van der Waals surface area contributed by atoms with Gasteiger partial charge in [0.25, 0.3) is 0 Å². The van der Waals surface area contributed by atoms with Gasteiger partial charge >= 0.3 is 5.97 Å². The predicted molar refractivity (Wildman–Crippen MR) is 99.9 cm³/mol. The number of pyridine rings is 1. The number of piperidine rings is 1. The fourth-order valence-corrected chi connectivity index (χ4v) is 3.95. The summed E-state index contributed by atoms with van der Waals surface area (Å²) >= 11 is 6.26. The summed E-state index contributed by atoms with van der Waals surface area (Å²) in [7, 11) is 0. The lowest BCUT2D eigenvalue weighted by Crippen LogP contribution is -2.46. The first-order valence-electron chi connectivity index (χ1n) is 8.78. The number of aromatic nitrogens is 1. The van der Waals surface area contributed by atoms with Crippen molar-refractivity contribution in [3.8, 4) is 0 Å². The summed E-state index contributed by atoms with van der Waals surface area (Å²) in [5, 5.41) is 10.9. The quantitative estimate of drug-likeness (QED) is 0.855. The summed E-state index contributed by atoms with van der Waals surface area (Å²) in [4.78, 5) is 20.0. The van der Waals surface area contributed by atoms with Crippen molar-refractivity contribution >= 4 is 28.5 Å². The molecule has 134 valence electrons. The highest BCUT2D eigenvalue weighted by molar-refractivity contribution is 6.31. The van der Waals surface area contributed by atoms with E-state index in [1.165, 1.54) is 0 Å². The van der Waals surface area contributed by atoms with Crippen LogP contribution >= 0.6 is 11.6 Å². The zero-order valence-electron chi connectivity index (χ0n) is 14.5. The Bertz CT molecular complexity index is 745. The van der Waals surface area contributed by atoms with Gasteiger partial charge in [0.05, 0.1) is 12.1 Å². The molecule has 0 amide bonds. The summed E-state index contributed by atoms with van der Waals surface area (Å²) in [6.07, 6.45) is 3.80. The minimum atomic E-state index is -0.749. The third-order valence-corrected chi connectivity index (χ3v) is 5.18. The molecule has 1 aliphatic heterocycles. The van der Waals surface area contributed by atoms with Gasteiger partial charge in [-0.3, -0.25) is 19.6 Å². The Labute approximate surface area is 153 Å². The second kappa shape index (κ2) is 8.13. The Morgan fingerprint density at radius 2 is 2.16 bits per heavy atom. The molecule has 5 nitrogen and oxygen atoms in total. The van der Waals surface area contributed by atoms with Crippen LogP contribution in [-0.2, 0) is 11.3 Å². The van der Waals surface area contributed by atoms with Crippen LogP contribution in [0.15, 0.2) is 30.5 Å². The first-order valence-corrected chi connectivity index (χ1v) is 9.16. The Kier molecular flexibility index (Phi) is 5.89. The van der Waals surface area contributed by atoms with Crippen molar-refractivity contribution < 1.29 is 9.90 Å². The van der Waals surface area contributed by atoms with Crippen LogP contribution in [0, 0.1) is 0 Å². The van der Waals surface area contributed by atoms with E-state index in [4.69, 9.17) is 16.7 Å². The molecular formula is C19H24ClN3O2. The van der Waals surface area contributed by atoms with Crippen molar-refractivity contribution in [2.75, 3.05) is 26.2 Å². The first kappa shape index (κ1) is 18.1. The van der Waals surface area contributed by atoms with Crippen molar-refractivity contribution in [3.05, 3.63) is 41.0 Å². The molecule has 0 spiro atoms. The summed E-state index contributed by atoms with van der Waals surface area (Å²) in [5.41, 5.74) is 2.16. The Morgan fingerprint density at radius 3 is 2.84 bits per heavy atom. The van der Waals surface area contributed by atoms with Gasteiger partial charge in [0.1, 0.15) is 0 Å². The molecule has 1 aromatic carbocycles. The number of likely N-dealkylation sites (tertiary alicyclic amines) is 1. The number of likely N-dealkylation sites (N-methyl/N-ethyl adjacent to an activating group) is 1. The van der Waals surface area contributed by atoms with Crippen molar-refractivity contribution in [2.24, 2.45) is 0 Å². The monoisotopic (exact) mass is 361 g/mol. The van der Waals surface area contributed by atoms with Crippen LogP contribution in [0.5, 0.6) is 0 Å². The molecule has 1 aliphatic rings. The molecule has 0 aliphatic carbocycles. The van der Waals surface area contributed by atoms with Crippen molar-refractivity contribution in [1.29, 1.82) is 0 Å². The number of benzene rings is 1. The van der Waals surface area contributed by atoms with Crippen LogP contribution in [0.3, 0.4) is 0 Å². The van der Waals surface area contributed by atoms with Crippen LogP contribution in [0.1, 0.15) is 25.3 Å². The fraction of sp³-hybridized carbons (Fsp3) is 0.474. The van der Waals surface area contributed by atoms with Crippen molar-refractivity contribution in [3.63, 3.8) is 0 Å². The molecule has 2 aromatic rings. The van der Waals surface area contributed by atoms with E-state index in [9.17, 15) is 4.79 Å². The summed E-state index contributed by atoms with van der Waals surface area (Å²) in [6, 6.07) is 8.27. The SMILES string of the molecule is CCN(CC(=O)O)C1CCN(Cc2cc(Cl)cc3cccnc23)CC1. The molecule has 0 radical (unpaired) electrons. The second-order valence-electron chi connectivity index (χ2n) is 6.60. The Morgan fingerprint density at radius 1 is 1.40 bits per heavy atom. The van der Waals surface area contributed by atoms with Gasteiger partial charge < -0.3 is 5.11 Å². The van der Waals surface area contributed by atoms with E-state index in [1.54, 1.807) is 0 Å². The first-order chi connectivity index (χ1) is 12.1. The summed E-state index contributed by atoms with van der Waals surface area (Å²) in [5.74, 6) is -0.749. The van der Waals surface area contributed by atoms with E-state index >= 15 is 0 Å². The number of fused-ring (bicyclic) bond motifs is 1. The molecule has 0 bridgehead atoms. The minimum absolute atomic E-state index is 0.129. The number of carboxylic acids is 1. The average molecular weight is 362 g/mol. The van der Waals surface area contributed by atoms with Gasteiger partial charge in [-0.2, -0.15) is 0 Å². The second-order valence-corrected chi connectivity index (χ2v) is 7.04. The Hall–Kier alpha value is -1.69. The normalized spacial score (nSPS) is 16.6. The lowest BCUT2D eigenvalue weighted by atomic mass is 10.0. The molecule has 3 rings (SSSR count). The van der Waals surface area contributed by atoms with E-state index in [1.807, 2.05) is 37.4 Å². The van der Waals surface area contributed by atoms with E-state index < -0.39 is 5.97 Å². The molecule has 1 fully saturated rings. The van der Waals surface area contributed by atoms with Crippen LogP contribution < -0.4 is 0 Å². The molecule has 0 saturated carbocycles. The topological polar surface area (TPSA) is 56.7 Å².